The Bertz CT molecular complexity index is 567. The molecule has 0 aliphatic rings. The molecule has 0 radical (unpaired) electrons. The molecule has 0 saturated carbocycles. The van der Waals surface area contributed by atoms with E-state index in [1.54, 1.807) is 14.0 Å². The number of esters is 1. The third-order valence-corrected chi connectivity index (χ3v) is 4.01. The van der Waals surface area contributed by atoms with Gasteiger partial charge in [-0.05, 0) is 31.7 Å². The smallest absolute Gasteiger partial charge is 0.338 e. The Kier molecular flexibility index (Phi) is 4.31. The Morgan fingerprint density at radius 2 is 1.89 bits per heavy atom. The zero-order chi connectivity index (χ0) is 13.9. The average Bonchev–Trinajstić information content (AvgIpc) is 2.37. The number of aryl methyl sites for hydroxylation is 1. The van der Waals surface area contributed by atoms with E-state index in [1.807, 2.05) is 0 Å². The van der Waals surface area contributed by atoms with E-state index >= 15 is 0 Å². The number of benzene rings is 1. The Balaban J connectivity index is 3.51. The summed E-state index contributed by atoms with van der Waals surface area (Å²) in [6, 6.07) is 2.90. The normalized spacial score (nSPS) is 11.1. The fourth-order valence-corrected chi connectivity index (χ4v) is 2.54. The molecule has 0 bridgehead atoms. The van der Waals surface area contributed by atoms with Gasteiger partial charge in [0.2, 0.25) is 10.0 Å². The van der Waals surface area contributed by atoms with Gasteiger partial charge in [0.1, 0.15) is 4.90 Å². The molecule has 18 heavy (non-hydrogen) atoms. The first-order valence-electron chi connectivity index (χ1n) is 5.21. The highest BCUT2D eigenvalue weighted by molar-refractivity contribution is 7.89. The molecule has 1 aromatic carbocycles. The number of hydrogen-bond donors (Lipinski definition) is 2. The highest BCUT2D eigenvalue weighted by Crippen LogP contribution is 2.25. The molecule has 0 fully saturated rings. The van der Waals surface area contributed by atoms with Crippen LogP contribution in [-0.4, -0.2) is 35.6 Å². The van der Waals surface area contributed by atoms with Crippen LogP contribution in [-0.2, 0) is 14.8 Å². The summed E-state index contributed by atoms with van der Waals surface area (Å²) in [6.45, 7) is 1.65. The molecule has 0 atom stereocenters. The fourth-order valence-electron chi connectivity index (χ4n) is 1.54. The second kappa shape index (κ2) is 5.36. The van der Waals surface area contributed by atoms with Crippen molar-refractivity contribution in [2.24, 2.45) is 0 Å². The SMILES string of the molecule is CNc1cc(C(=O)OC)c(C)cc1S(=O)(=O)NC. The predicted octanol–water partition coefficient (Wildman–Crippen LogP) is 0.731. The lowest BCUT2D eigenvalue weighted by Crippen LogP contribution is -2.20. The Hall–Kier alpha value is -1.60. The summed E-state index contributed by atoms with van der Waals surface area (Å²) >= 11 is 0. The van der Waals surface area contributed by atoms with E-state index < -0.39 is 16.0 Å². The van der Waals surface area contributed by atoms with Crippen LogP contribution in [0.4, 0.5) is 5.69 Å². The quantitative estimate of drug-likeness (QED) is 0.789. The minimum absolute atomic E-state index is 0.0950. The van der Waals surface area contributed by atoms with E-state index in [9.17, 15) is 13.2 Å². The minimum Gasteiger partial charge on any atom is -0.465 e. The van der Waals surface area contributed by atoms with E-state index in [2.05, 4.69) is 14.8 Å². The van der Waals surface area contributed by atoms with Crippen molar-refractivity contribution in [3.63, 3.8) is 0 Å². The first kappa shape index (κ1) is 14.5. The summed E-state index contributed by atoms with van der Waals surface area (Å²) < 4.78 is 30.5. The van der Waals surface area contributed by atoms with Crippen molar-refractivity contribution in [1.82, 2.24) is 4.72 Å². The van der Waals surface area contributed by atoms with Crippen LogP contribution in [0, 0.1) is 6.92 Å². The van der Waals surface area contributed by atoms with Gasteiger partial charge in [0.25, 0.3) is 0 Å². The summed E-state index contributed by atoms with van der Waals surface area (Å²) in [5, 5.41) is 2.76. The van der Waals surface area contributed by atoms with Gasteiger partial charge in [-0.25, -0.2) is 17.9 Å². The van der Waals surface area contributed by atoms with Gasteiger partial charge >= 0.3 is 5.97 Å². The molecular weight excluding hydrogens is 256 g/mol. The number of anilines is 1. The summed E-state index contributed by atoms with van der Waals surface area (Å²) in [5.74, 6) is -0.502. The second-order valence-corrected chi connectivity index (χ2v) is 5.47. The molecule has 7 heteroatoms. The predicted molar refractivity (Wildman–Crippen MR) is 68.3 cm³/mol. The summed E-state index contributed by atoms with van der Waals surface area (Å²) in [4.78, 5) is 11.6. The topological polar surface area (TPSA) is 84.5 Å². The third kappa shape index (κ3) is 2.62. The van der Waals surface area contributed by atoms with Crippen molar-refractivity contribution in [3.8, 4) is 0 Å². The van der Waals surface area contributed by atoms with Crippen LogP contribution in [0.15, 0.2) is 17.0 Å². The number of ether oxygens (including phenoxy) is 1. The number of rotatable bonds is 4. The maximum atomic E-state index is 11.8. The number of methoxy groups -OCH3 is 1. The molecule has 100 valence electrons. The zero-order valence-corrected chi connectivity index (χ0v) is 11.5. The fraction of sp³-hybridized carbons (Fsp3) is 0.364. The standard InChI is InChI=1S/C11H16N2O4S/c1-7-5-10(18(15,16)13-3)9(12-2)6-8(7)11(14)17-4/h5-6,12-13H,1-4H3. The highest BCUT2D eigenvalue weighted by atomic mass is 32.2. The Labute approximate surface area is 106 Å². The highest BCUT2D eigenvalue weighted by Gasteiger charge is 2.20. The van der Waals surface area contributed by atoms with Gasteiger partial charge in [-0.15, -0.1) is 0 Å². The van der Waals surface area contributed by atoms with Gasteiger partial charge < -0.3 is 10.1 Å². The molecule has 0 aliphatic heterocycles. The number of carbonyl (C=O) groups excluding carboxylic acids is 1. The molecule has 0 amide bonds. The van der Waals surface area contributed by atoms with Crippen molar-refractivity contribution in [1.29, 1.82) is 0 Å². The maximum Gasteiger partial charge on any atom is 0.338 e. The van der Waals surface area contributed by atoms with Crippen LogP contribution < -0.4 is 10.0 Å². The molecule has 6 nitrogen and oxygen atoms in total. The van der Waals surface area contributed by atoms with Gasteiger partial charge in [-0.1, -0.05) is 0 Å². The van der Waals surface area contributed by atoms with Crippen molar-refractivity contribution >= 4 is 21.7 Å². The molecule has 2 N–H and O–H groups in total. The van der Waals surface area contributed by atoms with Crippen LogP contribution in [0.2, 0.25) is 0 Å². The molecule has 1 rings (SSSR count). The van der Waals surface area contributed by atoms with E-state index in [4.69, 9.17) is 0 Å². The van der Waals surface area contributed by atoms with Crippen LogP contribution in [0.3, 0.4) is 0 Å². The first-order valence-corrected chi connectivity index (χ1v) is 6.70. The molecule has 1 aromatic rings. The monoisotopic (exact) mass is 272 g/mol. The summed E-state index contributed by atoms with van der Waals surface area (Å²) in [6.07, 6.45) is 0. The molecule has 0 aromatic heterocycles. The van der Waals surface area contributed by atoms with Crippen LogP contribution in [0.5, 0.6) is 0 Å². The van der Waals surface area contributed by atoms with Crippen LogP contribution >= 0.6 is 0 Å². The van der Waals surface area contributed by atoms with Crippen molar-refractivity contribution in [2.75, 3.05) is 26.5 Å². The molecule has 0 aliphatic carbocycles. The average molecular weight is 272 g/mol. The molecular formula is C11H16N2O4S. The molecule has 0 saturated heterocycles. The number of nitrogens with one attached hydrogen (secondary N) is 2. The number of hydrogen-bond acceptors (Lipinski definition) is 5. The van der Waals surface area contributed by atoms with Crippen molar-refractivity contribution in [3.05, 3.63) is 23.3 Å². The first-order chi connectivity index (χ1) is 8.37. The third-order valence-electron chi connectivity index (χ3n) is 2.56. The molecule has 0 unspecified atom stereocenters. The van der Waals surface area contributed by atoms with E-state index in [1.165, 1.54) is 26.3 Å². The van der Waals surface area contributed by atoms with E-state index in [0.29, 0.717) is 16.8 Å². The molecule has 0 heterocycles. The van der Waals surface area contributed by atoms with Crippen molar-refractivity contribution in [2.45, 2.75) is 11.8 Å². The van der Waals surface area contributed by atoms with E-state index in [-0.39, 0.29) is 4.90 Å². The second-order valence-electron chi connectivity index (χ2n) is 3.61. The summed E-state index contributed by atoms with van der Waals surface area (Å²) in [7, 11) is 0.615. The minimum atomic E-state index is -3.58. The zero-order valence-electron chi connectivity index (χ0n) is 10.7. The Morgan fingerprint density at radius 3 is 2.33 bits per heavy atom. The maximum absolute atomic E-state index is 11.8. The van der Waals surface area contributed by atoms with Crippen molar-refractivity contribution < 1.29 is 17.9 Å². The summed E-state index contributed by atoms with van der Waals surface area (Å²) in [5.41, 5.74) is 1.21. The lowest BCUT2D eigenvalue weighted by Gasteiger charge is -2.13. The van der Waals surface area contributed by atoms with Gasteiger partial charge in [0.15, 0.2) is 0 Å². The van der Waals surface area contributed by atoms with Gasteiger partial charge in [0.05, 0.1) is 18.4 Å². The Morgan fingerprint density at radius 1 is 1.28 bits per heavy atom. The van der Waals surface area contributed by atoms with Gasteiger partial charge in [-0.3, -0.25) is 0 Å². The largest absolute Gasteiger partial charge is 0.465 e. The van der Waals surface area contributed by atoms with Crippen LogP contribution in [0.25, 0.3) is 0 Å². The van der Waals surface area contributed by atoms with Gasteiger partial charge in [0, 0.05) is 7.05 Å². The molecule has 0 spiro atoms. The number of sulfonamides is 1. The van der Waals surface area contributed by atoms with Crippen LogP contribution in [0.1, 0.15) is 15.9 Å². The number of carbonyl (C=O) groups is 1. The van der Waals surface area contributed by atoms with Gasteiger partial charge in [-0.2, -0.15) is 0 Å². The van der Waals surface area contributed by atoms with E-state index in [0.717, 1.165) is 0 Å². The lowest BCUT2D eigenvalue weighted by molar-refractivity contribution is 0.0600. The lowest BCUT2D eigenvalue weighted by atomic mass is 10.1.